The van der Waals surface area contributed by atoms with Gasteiger partial charge in [0.15, 0.2) is 10.0 Å². The molecule has 0 unspecified atom stereocenters. The number of benzene rings is 1. The summed E-state index contributed by atoms with van der Waals surface area (Å²) in [6.07, 6.45) is 0. The van der Waals surface area contributed by atoms with E-state index in [4.69, 9.17) is 12.2 Å². The second-order valence-electron chi connectivity index (χ2n) is 4.09. The maximum atomic E-state index is 12.2. The number of nitrogens with zero attached hydrogens (tertiary/aromatic N) is 3. The lowest BCUT2D eigenvalue weighted by Crippen LogP contribution is -2.30. The number of likely N-dealkylation sites (N-methyl/N-ethyl adjacent to an activating group) is 1. The number of fused-ring (bicyclic) bond motifs is 1. The molecule has 0 N–H and O–H groups in total. The standard InChI is InChI=1S/C12H9N3O2S2/c1-14-8-5-3-2-4-7(8)10(11(14)17)13-15-9(16)6-19-12(15)18/h2-5H,6H2,1H3/b13-10+. The molecule has 1 aromatic carbocycles. The Kier molecular flexibility index (Phi) is 2.87. The summed E-state index contributed by atoms with van der Waals surface area (Å²) in [6.45, 7) is 0. The van der Waals surface area contributed by atoms with E-state index >= 15 is 0 Å². The van der Waals surface area contributed by atoms with Crippen LogP contribution in [-0.4, -0.2) is 39.7 Å². The molecular weight excluding hydrogens is 282 g/mol. The molecule has 19 heavy (non-hydrogen) atoms. The number of amides is 2. The zero-order valence-corrected chi connectivity index (χ0v) is 11.6. The predicted octanol–water partition coefficient (Wildman–Crippen LogP) is 1.23. The fraction of sp³-hybridized carbons (Fsp3) is 0.167. The lowest BCUT2D eigenvalue weighted by Gasteiger charge is -2.09. The summed E-state index contributed by atoms with van der Waals surface area (Å²) in [5.74, 6) is -0.141. The third-order valence-electron chi connectivity index (χ3n) is 2.96. The number of anilines is 1. The molecule has 2 aliphatic rings. The molecule has 2 aliphatic heterocycles. The summed E-state index contributed by atoms with van der Waals surface area (Å²) >= 11 is 6.31. The van der Waals surface area contributed by atoms with Gasteiger partial charge in [0, 0.05) is 12.6 Å². The first-order chi connectivity index (χ1) is 9.09. The highest BCUT2D eigenvalue weighted by Gasteiger charge is 2.34. The summed E-state index contributed by atoms with van der Waals surface area (Å²) in [5.41, 5.74) is 1.77. The van der Waals surface area contributed by atoms with Gasteiger partial charge in [0.25, 0.3) is 11.8 Å². The number of thioether (sulfide) groups is 1. The average Bonchev–Trinajstić information content (AvgIpc) is 2.85. The van der Waals surface area contributed by atoms with E-state index in [-0.39, 0.29) is 23.3 Å². The van der Waals surface area contributed by atoms with Crippen molar-refractivity contribution < 1.29 is 9.59 Å². The maximum absolute atomic E-state index is 12.2. The largest absolute Gasteiger partial charge is 0.309 e. The number of hydrazone groups is 1. The van der Waals surface area contributed by atoms with E-state index in [1.165, 1.54) is 16.7 Å². The second-order valence-corrected chi connectivity index (χ2v) is 5.70. The van der Waals surface area contributed by atoms with Crippen molar-refractivity contribution in [2.75, 3.05) is 17.7 Å². The number of carbonyl (C=O) groups is 2. The zero-order valence-electron chi connectivity index (χ0n) is 9.99. The molecule has 0 aromatic heterocycles. The monoisotopic (exact) mass is 291 g/mol. The van der Waals surface area contributed by atoms with Gasteiger partial charge in [0.05, 0.1) is 11.4 Å². The molecule has 0 radical (unpaired) electrons. The molecule has 5 nitrogen and oxygen atoms in total. The number of rotatable bonds is 1. The van der Waals surface area contributed by atoms with Gasteiger partial charge in [-0.05, 0) is 6.07 Å². The molecule has 0 atom stereocenters. The van der Waals surface area contributed by atoms with Gasteiger partial charge in [-0.2, -0.15) is 10.1 Å². The van der Waals surface area contributed by atoms with Crippen molar-refractivity contribution in [1.29, 1.82) is 0 Å². The number of hydrogen-bond acceptors (Lipinski definition) is 5. The molecule has 0 saturated carbocycles. The van der Waals surface area contributed by atoms with E-state index in [0.717, 1.165) is 16.3 Å². The summed E-state index contributed by atoms with van der Waals surface area (Å²) in [5, 5.41) is 5.30. The van der Waals surface area contributed by atoms with E-state index in [1.54, 1.807) is 7.05 Å². The van der Waals surface area contributed by atoms with Crippen molar-refractivity contribution in [2.45, 2.75) is 0 Å². The Morgan fingerprint density at radius 1 is 1.32 bits per heavy atom. The minimum atomic E-state index is -0.228. The van der Waals surface area contributed by atoms with Gasteiger partial charge in [-0.3, -0.25) is 9.59 Å². The van der Waals surface area contributed by atoms with Gasteiger partial charge in [-0.1, -0.05) is 42.2 Å². The first kappa shape index (κ1) is 12.3. The topological polar surface area (TPSA) is 53.0 Å². The first-order valence-electron chi connectivity index (χ1n) is 5.55. The smallest absolute Gasteiger partial charge is 0.279 e. The van der Waals surface area contributed by atoms with Gasteiger partial charge < -0.3 is 4.90 Å². The Morgan fingerprint density at radius 3 is 2.74 bits per heavy atom. The minimum Gasteiger partial charge on any atom is -0.309 e. The van der Waals surface area contributed by atoms with Crippen LogP contribution < -0.4 is 4.90 Å². The molecule has 0 spiro atoms. The third kappa shape index (κ3) is 1.85. The number of para-hydroxylation sites is 1. The van der Waals surface area contributed by atoms with Crippen molar-refractivity contribution in [3.8, 4) is 0 Å². The van der Waals surface area contributed by atoms with E-state index in [2.05, 4.69) is 5.10 Å². The Bertz CT molecular complexity index is 626. The maximum Gasteiger partial charge on any atom is 0.279 e. The molecule has 0 aliphatic carbocycles. The third-order valence-corrected chi connectivity index (χ3v) is 4.29. The predicted molar refractivity (Wildman–Crippen MR) is 78.3 cm³/mol. The van der Waals surface area contributed by atoms with Crippen LogP contribution in [-0.2, 0) is 9.59 Å². The molecule has 96 valence electrons. The van der Waals surface area contributed by atoms with Crippen LogP contribution in [0.5, 0.6) is 0 Å². The van der Waals surface area contributed by atoms with Gasteiger partial charge in [-0.25, -0.2) is 0 Å². The average molecular weight is 291 g/mol. The van der Waals surface area contributed by atoms with Crippen molar-refractivity contribution in [2.24, 2.45) is 5.10 Å². The summed E-state index contributed by atoms with van der Waals surface area (Å²) in [6, 6.07) is 7.34. The summed E-state index contributed by atoms with van der Waals surface area (Å²) in [4.78, 5) is 25.3. The van der Waals surface area contributed by atoms with E-state index in [9.17, 15) is 9.59 Å². The lowest BCUT2D eigenvalue weighted by molar-refractivity contribution is -0.124. The molecule has 2 amide bonds. The lowest BCUT2D eigenvalue weighted by atomic mass is 10.1. The Labute approximate surface area is 119 Å². The Balaban J connectivity index is 2.08. The molecule has 1 fully saturated rings. The van der Waals surface area contributed by atoms with Gasteiger partial charge in [0.2, 0.25) is 0 Å². The summed E-state index contributed by atoms with van der Waals surface area (Å²) in [7, 11) is 1.68. The van der Waals surface area contributed by atoms with Gasteiger partial charge in [-0.15, -0.1) is 0 Å². The molecule has 7 heteroatoms. The highest BCUT2D eigenvalue weighted by molar-refractivity contribution is 8.23. The highest BCUT2D eigenvalue weighted by Crippen LogP contribution is 2.29. The quantitative estimate of drug-likeness (QED) is 0.730. The molecular formula is C12H9N3O2S2. The fourth-order valence-electron chi connectivity index (χ4n) is 1.99. The van der Waals surface area contributed by atoms with Crippen LogP contribution in [0, 0.1) is 0 Å². The van der Waals surface area contributed by atoms with Crippen molar-refractivity contribution in [3.05, 3.63) is 29.8 Å². The SMILES string of the molecule is CN1C(=O)/C(=N/N2C(=O)CSC2=S)c2ccccc21. The normalized spacial score (nSPS) is 20.7. The van der Waals surface area contributed by atoms with E-state index in [0.29, 0.717) is 4.32 Å². The van der Waals surface area contributed by atoms with Gasteiger partial charge >= 0.3 is 0 Å². The molecule has 2 heterocycles. The van der Waals surface area contributed by atoms with Gasteiger partial charge in [0.1, 0.15) is 0 Å². The van der Waals surface area contributed by atoms with Crippen LogP contribution in [0.3, 0.4) is 0 Å². The molecule has 0 bridgehead atoms. The van der Waals surface area contributed by atoms with Crippen LogP contribution >= 0.6 is 24.0 Å². The van der Waals surface area contributed by atoms with E-state index in [1.807, 2.05) is 24.3 Å². The number of carbonyl (C=O) groups excluding carboxylic acids is 2. The van der Waals surface area contributed by atoms with Crippen molar-refractivity contribution >= 4 is 51.5 Å². The van der Waals surface area contributed by atoms with Crippen LogP contribution in [0.25, 0.3) is 0 Å². The number of hydrogen-bond donors (Lipinski definition) is 0. The molecule has 1 saturated heterocycles. The van der Waals surface area contributed by atoms with E-state index < -0.39 is 0 Å². The minimum absolute atomic E-state index is 0.192. The Morgan fingerprint density at radius 2 is 2.05 bits per heavy atom. The van der Waals surface area contributed by atoms with Crippen molar-refractivity contribution in [3.63, 3.8) is 0 Å². The Hall–Kier alpha value is -1.73. The molecule has 1 aromatic rings. The van der Waals surface area contributed by atoms with Crippen LogP contribution in [0.15, 0.2) is 29.4 Å². The van der Waals surface area contributed by atoms with Crippen LogP contribution in [0.4, 0.5) is 5.69 Å². The van der Waals surface area contributed by atoms with Crippen LogP contribution in [0.1, 0.15) is 5.56 Å². The van der Waals surface area contributed by atoms with Crippen LogP contribution in [0.2, 0.25) is 0 Å². The molecule has 3 rings (SSSR count). The number of thiocarbonyl (C=S) groups is 1. The second kappa shape index (κ2) is 4.43. The fourth-order valence-corrected chi connectivity index (χ4v) is 2.94. The first-order valence-corrected chi connectivity index (χ1v) is 6.95. The highest BCUT2D eigenvalue weighted by atomic mass is 32.2. The zero-order chi connectivity index (χ0) is 13.6. The summed E-state index contributed by atoms with van der Waals surface area (Å²) < 4.78 is 0.386. The van der Waals surface area contributed by atoms with Crippen molar-refractivity contribution in [1.82, 2.24) is 5.01 Å².